The lowest BCUT2D eigenvalue weighted by Gasteiger charge is -2.23. The molecule has 0 N–H and O–H groups in total. The highest BCUT2D eigenvalue weighted by Crippen LogP contribution is 2.32. The summed E-state index contributed by atoms with van der Waals surface area (Å²) in [5.74, 6) is -0.0197. The third kappa shape index (κ3) is 2.29. The van der Waals surface area contributed by atoms with Gasteiger partial charge in [0, 0.05) is 17.1 Å². The molecule has 4 rings (SSSR count). The van der Waals surface area contributed by atoms with Gasteiger partial charge in [-0.15, -0.1) is 0 Å². The monoisotopic (exact) mass is 319 g/mol. The van der Waals surface area contributed by atoms with Gasteiger partial charge in [-0.3, -0.25) is 14.3 Å². The van der Waals surface area contributed by atoms with Gasteiger partial charge in [-0.1, -0.05) is 30.3 Å². The highest BCUT2D eigenvalue weighted by Gasteiger charge is 2.30. The van der Waals surface area contributed by atoms with Gasteiger partial charge >= 0.3 is 0 Å². The van der Waals surface area contributed by atoms with E-state index < -0.39 is 0 Å². The van der Waals surface area contributed by atoms with Crippen LogP contribution >= 0.6 is 0 Å². The fourth-order valence-corrected chi connectivity index (χ4v) is 3.44. The summed E-state index contributed by atoms with van der Waals surface area (Å²) in [7, 11) is 0. The Morgan fingerprint density at radius 3 is 2.79 bits per heavy atom. The minimum absolute atomic E-state index is 0.0197. The van der Waals surface area contributed by atoms with Crippen molar-refractivity contribution >= 4 is 22.5 Å². The van der Waals surface area contributed by atoms with Crippen LogP contribution in [-0.4, -0.2) is 21.7 Å². The zero-order valence-corrected chi connectivity index (χ0v) is 13.3. The predicted octanol–water partition coefficient (Wildman–Crippen LogP) is 2.37. The number of carbonyl (C=O) groups is 1. The molecular weight excluding hydrogens is 302 g/mol. The molecule has 5 heteroatoms. The normalized spacial score (nSPS) is 16.4. The molecule has 1 unspecified atom stereocenters. The van der Waals surface area contributed by atoms with Crippen LogP contribution in [0.1, 0.15) is 12.5 Å². The molecule has 0 fully saturated rings. The van der Waals surface area contributed by atoms with E-state index in [0.29, 0.717) is 10.9 Å². The van der Waals surface area contributed by atoms with E-state index in [9.17, 15) is 9.59 Å². The van der Waals surface area contributed by atoms with Crippen LogP contribution in [0.2, 0.25) is 0 Å². The fraction of sp³-hybridized carbons (Fsp3) is 0.211. The Hall–Kier alpha value is -2.95. The first-order valence-corrected chi connectivity index (χ1v) is 8.00. The maximum Gasteiger partial charge on any atom is 0.249 e. The zero-order chi connectivity index (χ0) is 16.7. The van der Waals surface area contributed by atoms with Gasteiger partial charge in [-0.05, 0) is 37.1 Å². The summed E-state index contributed by atoms with van der Waals surface area (Å²) in [5.41, 5.74) is 2.71. The van der Waals surface area contributed by atoms with Gasteiger partial charge in [0.05, 0.1) is 11.7 Å². The minimum Gasteiger partial charge on any atom is -0.307 e. The van der Waals surface area contributed by atoms with Crippen LogP contribution in [-0.2, 0) is 17.8 Å². The lowest BCUT2D eigenvalue weighted by Crippen LogP contribution is -2.38. The largest absolute Gasteiger partial charge is 0.307 e. The first-order valence-electron chi connectivity index (χ1n) is 8.00. The summed E-state index contributed by atoms with van der Waals surface area (Å²) in [5, 5.41) is 4.73. The molecule has 120 valence electrons. The number of carbonyl (C=O) groups excluding carboxylic acids is 1. The van der Waals surface area contributed by atoms with Crippen LogP contribution in [0.4, 0.5) is 5.69 Å². The molecule has 0 radical (unpaired) electrons. The summed E-state index contributed by atoms with van der Waals surface area (Å²) in [6.45, 7) is 2.16. The van der Waals surface area contributed by atoms with E-state index in [1.54, 1.807) is 10.7 Å². The third-order valence-electron chi connectivity index (χ3n) is 4.52. The van der Waals surface area contributed by atoms with E-state index in [1.807, 2.05) is 41.3 Å². The topological polar surface area (TPSA) is 55.2 Å². The summed E-state index contributed by atoms with van der Waals surface area (Å²) >= 11 is 0. The number of aromatic nitrogens is 2. The molecular formula is C19H17N3O2. The molecule has 1 aliphatic heterocycles. The number of hydrogen-bond donors (Lipinski definition) is 0. The van der Waals surface area contributed by atoms with Crippen LogP contribution in [0.15, 0.2) is 59.5 Å². The Labute approximate surface area is 139 Å². The molecule has 0 aliphatic carbocycles. The quantitative estimate of drug-likeness (QED) is 0.729. The number of nitrogens with zero attached hydrogens (tertiary/aromatic N) is 3. The van der Waals surface area contributed by atoms with Crippen molar-refractivity contribution in [3.63, 3.8) is 0 Å². The highest BCUT2D eigenvalue weighted by atomic mass is 16.2. The maximum atomic E-state index is 12.9. The van der Waals surface area contributed by atoms with Crippen molar-refractivity contribution in [3.05, 3.63) is 70.5 Å². The Kier molecular flexibility index (Phi) is 3.41. The zero-order valence-electron chi connectivity index (χ0n) is 13.3. The van der Waals surface area contributed by atoms with Gasteiger partial charge in [0.25, 0.3) is 0 Å². The average Bonchev–Trinajstić information content (AvgIpc) is 2.93. The lowest BCUT2D eigenvalue weighted by atomic mass is 10.1. The molecule has 2 aromatic carbocycles. The molecule has 24 heavy (non-hydrogen) atoms. The Morgan fingerprint density at radius 2 is 1.92 bits per heavy atom. The lowest BCUT2D eigenvalue weighted by molar-refractivity contribution is -0.119. The van der Waals surface area contributed by atoms with E-state index >= 15 is 0 Å². The average molecular weight is 319 g/mol. The van der Waals surface area contributed by atoms with Gasteiger partial charge in [0.15, 0.2) is 0 Å². The second kappa shape index (κ2) is 5.60. The van der Waals surface area contributed by atoms with Gasteiger partial charge in [-0.25, -0.2) is 0 Å². The van der Waals surface area contributed by atoms with E-state index in [0.717, 1.165) is 12.1 Å². The molecule has 2 heterocycles. The number of amides is 1. The molecule has 0 bridgehead atoms. The van der Waals surface area contributed by atoms with Crippen molar-refractivity contribution in [1.82, 2.24) is 9.78 Å². The molecule has 0 spiro atoms. The second-order valence-electron chi connectivity index (χ2n) is 6.13. The van der Waals surface area contributed by atoms with Crippen molar-refractivity contribution in [2.24, 2.45) is 0 Å². The molecule has 0 saturated heterocycles. The van der Waals surface area contributed by atoms with Crippen LogP contribution in [0.25, 0.3) is 10.9 Å². The molecule has 3 aromatic rings. The number of benzene rings is 2. The molecule has 1 amide bonds. The van der Waals surface area contributed by atoms with Crippen LogP contribution in [0.3, 0.4) is 0 Å². The van der Waals surface area contributed by atoms with Gasteiger partial charge in [-0.2, -0.15) is 5.10 Å². The minimum atomic E-state index is -0.130. The fourth-order valence-electron chi connectivity index (χ4n) is 3.44. The number of para-hydroxylation sites is 2. The van der Waals surface area contributed by atoms with Crippen molar-refractivity contribution in [1.29, 1.82) is 0 Å². The summed E-state index contributed by atoms with van der Waals surface area (Å²) in [6.07, 6.45) is 2.14. The summed E-state index contributed by atoms with van der Waals surface area (Å²) in [6, 6.07) is 15.3. The third-order valence-corrected chi connectivity index (χ3v) is 4.52. The molecule has 1 aliphatic rings. The maximum absolute atomic E-state index is 12.9. The van der Waals surface area contributed by atoms with E-state index in [4.69, 9.17) is 0 Å². The number of anilines is 1. The van der Waals surface area contributed by atoms with Crippen LogP contribution in [0, 0.1) is 0 Å². The Morgan fingerprint density at radius 1 is 1.17 bits per heavy atom. The molecule has 1 aromatic heterocycles. The van der Waals surface area contributed by atoms with Crippen molar-refractivity contribution in [2.45, 2.75) is 25.9 Å². The van der Waals surface area contributed by atoms with Gasteiger partial charge in [0.1, 0.15) is 6.54 Å². The van der Waals surface area contributed by atoms with E-state index in [2.05, 4.69) is 18.1 Å². The SMILES string of the molecule is CC1Cc2ccccc2N1C(=O)Cn1ncc(=O)c2ccccc21. The predicted molar refractivity (Wildman–Crippen MR) is 93.1 cm³/mol. The summed E-state index contributed by atoms with van der Waals surface area (Å²) < 4.78 is 1.60. The first-order chi connectivity index (χ1) is 11.6. The van der Waals surface area contributed by atoms with Crippen molar-refractivity contribution in [3.8, 4) is 0 Å². The second-order valence-corrected chi connectivity index (χ2v) is 6.13. The highest BCUT2D eigenvalue weighted by molar-refractivity contribution is 5.96. The molecule has 5 nitrogen and oxygen atoms in total. The molecule has 1 atom stereocenters. The number of hydrogen-bond acceptors (Lipinski definition) is 3. The Balaban J connectivity index is 1.71. The number of fused-ring (bicyclic) bond motifs is 2. The first kappa shape index (κ1) is 14.6. The smallest absolute Gasteiger partial charge is 0.249 e. The van der Waals surface area contributed by atoms with Crippen LogP contribution < -0.4 is 10.3 Å². The Bertz CT molecular complexity index is 993. The van der Waals surface area contributed by atoms with Crippen molar-refractivity contribution in [2.75, 3.05) is 4.90 Å². The summed E-state index contributed by atoms with van der Waals surface area (Å²) in [4.78, 5) is 26.7. The van der Waals surface area contributed by atoms with Crippen LogP contribution in [0.5, 0.6) is 0 Å². The van der Waals surface area contributed by atoms with Gasteiger partial charge in [0.2, 0.25) is 11.3 Å². The molecule has 0 saturated carbocycles. The van der Waals surface area contributed by atoms with Gasteiger partial charge < -0.3 is 4.90 Å². The standard InChI is InChI=1S/C19H17N3O2/c1-13-10-14-6-2-4-8-16(14)22(13)19(24)12-21-17-9-5-3-7-15(17)18(23)11-20-21/h2-9,11,13H,10,12H2,1H3. The van der Waals surface area contributed by atoms with E-state index in [1.165, 1.54) is 11.8 Å². The van der Waals surface area contributed by atoms with Crippen molar-refractivity contribution < 1.29 is 4.79 Å². The van der Waals surface area contributed by atoms with E-state index in [-0.39, 0.29) is 23.9 Å². The number of rotatable bonds is 2.